The van der Waals surface area contributed by atoms with Gasteiger partial charge in [-0.25, -0.2) is 5.43 Å². The molecule has 1 atom stereocenters. The van der Waals surface area contributed by atoms with E-state index in [1.165, 1.54) is 10.6 Å². The number of nitrogens with one attached hydrogen (secondary N) is 1. The minimum atomic E-state index is -0.334. The van der Waals surface area contributed by atoms with Crippen molar-refractivity contribution in [2.75, 3.05) is 0 Å². The molecule has 0 aliphatic rings. The predicted molar refractivity (Wildman–Crippen MR) is 82.2 cm³/mol. The fourth-order valence-corrected chi connectivity index (χ4v) is 1.85. The lowest BCUT2D eigenvalue weighted by molar-refractivity contribution is -0.121. The number of pyridine rings is 1. The van der Waals surface area contributed by atoms with E-state index in [1.54, 1.807) is 24.5 Å². The third kappa shape index (κ3) is 4.42. The zero-order chi connectivity index (χ0) is 15.1. The molecule has 0 aliphatic carbocycles. The van der Waals surface area contributed by atoms with E-state index in [4.69, 9.17) is 0 Å². The second kappa shape index (κ2) is 7.19. The molecule has 2 rings (SSSR count). The smallest absolute Gasteiger partial charge is 0.260 e. The zero-order valence-corrected chi connectivity index (χ0v) is 11.8. The predicted octanol–water partition coefficient (Wildman–Crippen LogP) is 1.75. The summed E-state index contributed by atoms with van der Waals surface area (Å²) in [6, 6.07) is 14.6. The van der Waals surface area contributed by atoms with Crippen molar-refractivity contribution < 1.29 is 4.79 Å². The van der Waals surface area contributed by atoms with Gasteiger partial charge in [-0.3, -0.25) is 9.59 Å². The summed E-state index contributed by atoms with van der Waals surface area (Å²) in [4.78, 5) is 23.2. The maximum absolute atomic E-state index is 11.7. The first-order chi connectivity index (χ1) is 10.2. The van der Waals surface area contributed by atoms with Gasteiger partial charge >= 0.3 is 0 Å². The van der Waals surface area contributed by atoms with Crippen LogP contribution in [0.25, 0.3) is 0 Å². The lowest BCUT2D eigenvalue weighted by Gasteiger charge is -2.06. The summed E-state index contributed by atoms with van der Waals surface area (Å²) in [6.07, 6.45) is 3.24. The highest BCUT2D eigenvalue weighted by molar-refractivity contribution is 5.77. The number of nitrogens with zero attached hydrogens (tertiary/aromatic N) is 2. The molecule has 1 amide bonds. The molecule has 21 heavy (non-hydrogen) atoms. The van der Waals surface area contributed by atoms with Crippen molar-refractivity contribution in [2.45, 2.75) is 19.4 Å². The topological polar surface area (TPSA) is 63.5 Å². The van der Waals surface area contributed by atoms with Crippen molar-refractivity contribution in [3.63, 3.8) is 0 Å². The fraction of sp³-hybridized carbons (Fsp3) is 0.188. The van der Waals surface area contributed by atoms with Gasteiger partial charge in [-0.2, -0.15) is 5.10 Å². The molecule has 0 unspecified atom stereocenters. The van der Waals surface area contributed by atoms with Crippen LogP contribution in [0.15, 0.2) is 64.6 Å². The number of hydrazone groups is 1. The van der Waals surface area contributed by atoms with E-state index in [0.29, 0.717) is 0 Å². The summed E-state index contributed by atoms with van der Waals surface area (Å²) in [7, 11) is 0. The average Bonchev–Trinajstić information content (AvgIpc) is 2.50. The minimum absolute atomic E-state index is 0.0449. The SMILES string of the molecule is C[C@H](/C=N\NC(=O)Cn1ccccc1=O)c1ccccc1. The van der Waals surface area contributed by atoms with Crippen molar-refractivity contribution in [1.82, 2.24) is 9.99 Å². The first-order valence-electron chi connectivity index (χ1n) is 6.69. The van der Waals surface area contributed by atoms with E-state index in [2.05, 4.69) is 10.5 Å². The molecule has 1 N–H and O–H groups in total. The van der Waals surface area contributed by atoms with Gasteiger partial charge in [0.2, 0.25) is 0 Å². The molecular formula is C16H17N3O2. The van der Waals surface area contributed by atoms with Crippen LogP contribution in [0.4, 0.5) is 0 Å². The molecule has 0 bridgehead atoms. The monoisotopic (exact) mass is 283 g/mol. The van der Waals surface area contributed by atoms with Gasteiger partial charge in [0.1, 0.15) is 6.54 Å². The molecule has 0 saturated heterocycles. The van der Waals surface area contributed by atoms with Gasteiger partial charge in [-0.15, -0.1) is 0 Å². The number of hydrogen-bond donors (Lipinski definition) is 1. The van der Waals surface area contributed by atoms with E-state index in [9.17, 15) is 9.59 Å². The highest BCUT2D eigenvalue weighted by atomic mass is 16.2. The van der Waals surface area contributed by atoms with Gasteiger partial charge in [-0.1, -0.05) is 43.3 Å². The second-order valence-electron chi connectivity index (χ2n) is 4.68. The molecule has 5 nitrogen and oxygen atoms in total. The molecule has 0 saturated carbocycles. The highest BCUT2D eigenvalue weighted by Gasteiger charge is 2.03. The number of aromatic nitrogens is 1. The van der Waals surface area contributed by atoms with Gasteiger partial charge in [0.15, 0.2) is 0 Å². The molecule has 108 valence electrons. The van der Waals surface area contributed by atoms with Crippen LogP contribution in [0.1, 0.15) is 18.4 Å². The summed E-state index contributed by atoms with van der Waals surface area (Å²) in [5.41, 5.74) is 3.34. The standard InChI is InChI=1S/C16H17N3O2/c1-13(14-7-3-2-4-8-14)11-17-18-15(20)12-19-10-6-5-9-16(19)21/h2-11,13H,12H2,1H3,(H,18,20)/b17-11-/t13-/m1/s1. The quantitative estimate of drug-likeness (QED) is 0.671. The van der Waals surface area contributed by atoms with Crippen molar-refractivity contribution in [2.24, 2.45) is 5.10 Å². The van der Waals surface area contributed by atoms with Gasteiger partial charge in [0.05, 0.1) is 0 Å². The van der Waals surface area contributed by atoms with Crippen molar-refractivity contribution >= 4 is 12.1 Å². The Labute approximate surface area is 122 Å². The Hall–Kier alpha value is -2.69. The van der Waals surface area contributed by atoms with Crippen molar-refractivity contribution in [3.05, 3.63) is 70.6 Å². The van der Waals surface area contributed by atoms with Crippen LogP contribution in [0.3, 0.4) is 0 Å². The maximum atomic E-state index is 11.7. The van der Waals surface area contributed by atoms with Crippen LogP contribution in [0.5, 0.6) is 0 Å². The van der Waals surface area contributed by atoms with Gasteiger partial charge in [0.25, 0.3) is 11.5 Å². The van der Waals surface area contributed by atoms with E-state index in [0.717, 1.165) is 5.56 Å². The Balaban J connectivity index is 1.88. The molecule has 1 heterocycles. The maximum Gasteiger partial charge on any atom is 0.260 e. The van der Waals surface area contributed by atoms with Crippen LogP contribution < -0.4 is 11.0 Å². The Kier molecular flexibility index (Phi) is 5.04. The lowest BCUT2D eigenvalue weighted by atomic mass is 10.0. The summed E-state index contributed by atoms with van der Waals surface area (Å²) in [5, 5.41) is 3.93. The molecule has 5 heteroatoms. The largest absolute Gasteiger partial charge is 0.306 e. The van der Waals surface area contributed by atoms with E-state index in [1.807, 2.05) is 37.3 Å². The molecule has 0 aliphatic heterocycles. The number of benzene rings is 1. The molecule has 2 aromatic rings. The molecular weight excluding hydrogens is 266 g/mol. The first-order valence-corrected chi connectivity index (χ1v) is 6.69. The average molecular weight is 283 g/mol. The molecule has 0 fully saturated rings. The Bertz CT molecular complexity index is 677. The molecule has 0 spiro atoms. The van der Waals surface area contributed by atoms with Crippen molar-refractivity contribution in [3.8, 4) is 0 Å². The van der Waals surface area contributed by atoms with Crippen LogP contribution >= 0.6 is 0 Å². The summed E-state index contributed by atoms with van der Waals surface area (Å²) in [6.45, 7) is 1.95. The van der Waals surface area contributed by atoms with Crippen LogP contribution in [-0.2, 0) is 11.3 Å². The van der Waals surface area contributed by atoms with Gasteiger partial charge in [-0.05, 0) is 11.6 Å². The zero-order valence-electron chi connectivity index (χ0n) is 11.8. The van der Waals surface area contributed by atoms with Crippen molar-refractivity contribution in [1.29, 1.82) is 0 Å². The molecule has 0 radical (unpaired) electrons. The number of carbonyl (C=O) groups is 1. The first kappa shape index (κ1) is 14.7. The summed E-state index contributed by atoms with van der Waals surface area (Å²) in [5.74, 6) is -0.231. The Morgan fingerprint density at radius 2 is 1.95 bits per heavy atom. The number of carbonyl (C=O) groups excluding carboxylic acids is 1. The Morgan fingerprint density at radius 3 is 2.67 bits per heavy atom. The lowest BCUT2D eigenvalue weighted by Crippen LogP contribution is -2.29. The normalized spacial score (nSPS) is 12.2. The number of amides is 1. The number of rotatable bonds is 5. The third-order valence-corrected chi connectivity index (χ3v) is 3.03. The van der Waals surface area contributed by atoms with Crippen LogP contribution in [-0.4, -0.2) is 16.7 Å². The van der Waals surface area contributed by atoms with Gasteiger partial charge < -0.3 is 4.57 Å². The number of hydrogen-bond acceptors (Lipinski definition) is 3. The van der Waals surface area contributed by atoms with Crippen LogP contribution in [0.2, 0.25) is 0 Å². The molecule has 1 aromatic heterocycles. The van der Waals surface area contributed by atoms with Crippen LogP contribution in [0, 0.1) is 0 Å². The van der Waals surface area contributed by atoms with E-state index >= 15 is 0 Å². The minimum Gasteiger partial charge on any atom is -0.306 e. The fourth-order valence-electron chi connectivity index (χ4n) is 1.85. The van der Waals surface area contributed by atoms with E-state index in [-0.39, 0.29) is 23.9 Å². The summed E-state index contributed by atoms with van der Waals surface area (Å²) >= 11 is 0. The third-order valence-electron chi connectivity index (χ3n) is 3.03. The second-order valence-corrected chi connectivity index (χ2v) is 4.68. The highest BCUT2D eigenvalue weighted by Crippen LogP contribution is 2.11. The van der Waals surface area contributed by atoms with E-state index < -0.39 is 0 Å². The molecule has 1 aromatic carbocycles. The van der Waals surface area contributed by atoms with Gasteiger partial charge in [0, 0.05) is 24.4 Å². The Morgan fingerprint density at radius 1 is 1.24 bits per heavy atom. The summed E-state index contributed by atoms with van der Waals surface area (Å²) < 4.78 is 1.32.